The average molecular weight is 286 g/mol. The molecule has 0 amide bonds. The zero-order valence-corrected chi connectivity index (χ0v) is 13.3. The van der Waals surface area contributed by atoms with Gasteiger partial charge in [0.15, 0.2) is 0 Å². The molecule has 0 aliphatic carbocycles. The Labute approximate surface area is 127 Å². The lowest BCUT2D eigenvalue weighted by Gasteiger charge is -2.26. The number of hydrogen-bond donors (Lipinski definition) is 0. The Balaban J connectivity index is 1.72. The smallest absolute Gasteiger partial charge is 0.0594 e. The van der Waals surface area contributed by atoms with Gasteiger partial charge in [-0.2, -0.15) is 0 Å². The molecule has 1 saturated heterocycles. The fourth-order valence-corrected chi connectivity index (χ4v) is 3.53. The fraction of sp³-hybridized carbons (Fsp3) is 0.556. The van der Waals surface area contributed by atoms with Crippen LogP contribution in [-0.4, -0.2) is 42.3 Å². The third-order valence-corrected chi connectivity index (χ3v) is 4.68. The highest BCUT2D eigenvalue weighted by molar-refractivity contribution is 5.85. The molecule has 0 N–H and O–H groups in total. The molecule has 1 aliphatic rings. The van der Waals surface area contributed by atoms with Crippen LogP contribution in [-0.2, 0) is 17.7 Å². The first-order chi connectivity index (χ1) is 10.3. The van der Waals surface area contributed by atoms with Gasteiger partial charge in [0, 0.05) is 36.2 Å². The van der Waals surface area contributed by atoms with Crippen LogP contribution >= 0.6 is 0 Å². The number of para-hydroxylation sites is 1. The van der Waals surface area contributed by atoms with E-state index in [4.69, 9.17) is 4.74 Å². The molecule has 3 heteroatoms. The van der Waals surface area contributed by atoms with Crippen LogP contribution in [0.1, 0.15) is 24.6 Å². The molecule has 1 aromatic carbocycles. The third-order valence-electron chi connectivity index (χ3n) is 4.68. The third kappa shape index (κ3) is 2.99. The van der Waals surface area contributed by atoms with E-state index in [1.165, 1.54) is 36.0 Å². The molecule has 0 radical (unpaired) electrons. The van der Waals surface area contributed by atoms with E-state index in [0.29, 0.717) is 0 Å². The van der Waals surface area contributed by atoms with Crippen molar-refractivity contribution < 1.29 is 4.74 Å². The van der Waals surface area contributed by atoms with Crippen LogP contribution in [0.15, 0.2) is 24.3 Å². The zero-order valence-electron chi connectivity index (χ0n) is 13.3. The molecular weight excluding hydrogens is 260 g/mol. The minimum atomic E-state index is 0.897. The molecule has 0 saturated carbocycles. The Bertz CT molecular complexity index is 597. The van der Waals surface area contributed by atoms with E-state index in [9.17, 15) is 0 Å². The zero-order chi connectivity index (χ0) is 14.7. The Hall–Kier alpha value is -1.32. The second-order valence-corrected chi connectivity index (χ2v) is 5.88. The first kappa shape index (κ1) is 14.6. The monoisotopic (exact) mass is 286 g/mol. The van der Waals surface area contributed by atoms with Crippen molar-refractivity contribution >= 4 is 10.9 Å². The van der Waals surface area contributed by atoms with E-state index in [1.54, 1.807) is 5.56 Å². The van der Waals surface area contributed by atoms with Crippen molar-refractivity contribution in [3.05, 3.63) is 35.5 Å². The SMILES string of the molecule is CCn1c(C)c(CCCN2CCOCC2)c2ccccc21. The van der Waals surface area contributed by atoms with Crippen LogP contribution in [0.3, 0.4) is 0 Å². The first-order valence-electron chi connectivity index (χ1n) is 8.18. The maximum absolute atomic E-state index is 5.41. The van der Waals surface area contributed by atoms with Crippen molar-refractivity contribution in [3.63, 3.8) is 0 Å². The number of ether oxygens (including phenoxy) is 1. The first-order valence-corrected chi connectivity index (χ1v) is 8.18. The Morgan fingerprint density at radius 1 is 1.14 bits per heavy atom. The molecule has 2 aromatic rings. The van der Waals surface area contributed by atoms with Crippen molar-refractivity contribution in [2.45, 2.75) is 33.2 Å². The molecule has 3 rings (SSSR count). The predicted octanol–water partition coefficient (Wildman–Crippen LogP) is 3.23. The van der Waals surface area contributed by atoms with Gasteiger partial charge >= 0.3 is 0 Å². The molecule has 3 nitrogen and oxygen atoms in total. The van der Waals surface area contributed by atoms with Crippen molar-refractivity contribution in [3.8, 4) is 0 Å². The van der Waals surface area contributed by atoms with Crippen molar-refractivity contribution in [1.82, 2.24) is 9.47 Å². The summed E-state index contributed by atoms with van der Waals surface area (Å²) in [6.45, 7) is 10.7. The van der Waals surface area contributed by atoms with Gasteiger partial charge in [0.2, 0.25) is 0 Å². The number of rotatable bonds is 5. The fourth-order valence-electron chi connectivity index (χ4n) is 3.53. The van der Waals surface area contributed by atoms with E-state index >= 15 is 0 Å². The normalized spacial score (nSPS) is 16.7. The second kappa shape index (κ2) is 6.63. The molecule has 1 aliphatic heterocycles. The molecule has 0 spiro atoms. The van der Waals surface area contributed by atoms with Gasteiger partial charge in [-0.15, -0.1) is 0 Å². The van der Waals surface area contributed by atoms with Crippen molar-refractivity contribution in [1.29, 1.82) is 0 Å². The van der Waals surface area contributed by atoms with Crippen molar-refractivity contribution in [2.24, 2.45) is 0 Å². The largest absolute Gasteiger partial charge is 0.379 e. The molecule has 21 heavy (non-hydrogen) atoms. The molecule has 0 unspecified atom stereocenters. The van der Waals surface area contributed by atoms with E-state index in [0.717, 1.165) is 32.8 Å². The highest BCUT2D eigenvalue weighted by atomic mass is 16.5. The van der Waals surface area contributed by atoms with E-state index in [1.807, 2.05) is 0 Å². The maximum atomic E-state index is 5.41. The van der Waals surface area contributed by atoms with E-state index in [-0.39, 0.29) is 0 Å². The Morgan fingerprint density at radius 3 is 2.67 bits per heavy atom. The lowest BCUT2D eigenvalue weighted by molar-refractivity contribution is 0.0375. The number of benzene rings is 1. The minimum Gasteiger partial charge on any atom is -0.379 e. The number of hydrogen-bond acceptors (Lipinski definition) is 2. The van der Waals surface area contributed by atoms with Gasteiger partial charge in [-0.25, -0.2) is 0 Å². The van der Waals surface area contributed by atoms with Gasteiger partial charge in [0.05, 0.1) is 13.2 Å². The van der Waals surface area contributed by atoms with Gasteiger partial charge in [-0.3, -0.25) is 4.90 Å². The summed E-state index contributed by atoms with van der Waals surface area (Å²) in [6, 6.07) is 8.83. The summed E-state index contributed by atoms with van der Waals surface area (Å²) in [5.74, 6) is 0. The highest BCUT2D eigenvalue weighted by Crippen LogP contribution is 2.26. The lowest BCUT2D eigenvalue weighted by Crippen LogP contribution is -2.36. The average Bonchev–Trinajstić information content (AvgIpc) is 2.80. The van der Waals surface area contributed by atoms with E-state index < -0.39 is 0 Å². The number of fused-ring (bicyclic) bond motifs is 1. The summed E-state index contributed by atoms with van der Waals surface area (Å²) in [6.07, 6.45) is 2.41. The number of morpholine rings is 1. The summed E-state index contributed by atoms with van der Waals surface area (Å²) < 4.78 is 7.86. The Kier molecular flexibility index (Phi) is 4.61. The van der Waals surface area contributed by atoms with Gasteiger partial charge < -0.3 is 9.30 Å². The van der Waals surface area contributed by atoms with Gasteiger partial charge in [-0.05, 0) is 44.9 Å². The quantitative estimate of drug-likeness (QED) is 0.839. The summed E-state index contributed by atoms with van der Waals surface area (Å²) >= 11 is 0. The topological polar surface area (TPSA) is 17.4 Å². The lowest BCUT2D eigenvalue weighted by atomic mass is 10.1. The molecule has 1 fully saturated rings. The van der Waals surface area contributed by atoms with Crippen LogP contribution in [0.5, 0.6) is 0 Å². The van der Waals surface area contributed by atoms with Crippen LogP contribution in [0.25, 0.3) is 10.9 Å². The van der Waals surface area contributed by atoms with Crippen LogP contribution in [0.2, 0.25) is 0 Å². The molecule has 0 atom stereocenters. The van der Waals surface area contributed by atoms with Gasteiger partial charge in [-0.1, -0.05) is 18.2 Å². The summed E-state index contributed by atoms with van der Waals surface area (Å²) in [5.41, 5.74) is 4.38. The predicted molar refractivity (Wildman–Crippen MR) is 87.9 cm³/mol. The van der Waals surface area contributed by atoms with E-state index in [2.05, 4.69) is 47.6 Å². The molecule has 0 bridgehead atoms. The maximum Gasteiger partial charge on any atom is 0.0594 e. The number of aryl methyl sites for hydroxylation is 2. The summed E-state index contributed by atoms with van der Waals surface area (Å²) in [4.78, 5) is 2.53. The van der Waals surface area contributed by atoms with Gasteiger partial charge in [0.1, 0.15) is 0 Å². The van der Waals surface area contributed by atoms with Crippen molar-refractivity contribution in [2.75, 3.05) is 32.8 Å². The van der Waals surface area contributed by atoms with Crippen LogP contribution in [0.4, 0.5) is 0 Å². The second-order valence-electron chi connectivity index (χ2n) is 5.88. The summed E-state index contributed by atoms with van der Waals surface area (Å²) in [5, 5.41) is 1.44. The minimum absolute atomic E-state index is 0.897. The molecular formula is C18H26N2O. The van der Waals surface area contributed by atoms with Gasteiger partial charge in [0.25, 0.3) is 0 Å². The summed E-state index contributed by atoms with van der Waals surface area (Å²) in [7, 11) is 0. The molecule has 2 heterocycles. The standard InChI is InChI=1S/C18H26N2O/c1-3-20-15(2)16(17-7-4-5-9-18(17)20)8-6-10-19-11-13-21-14-12-19/h4-5,7,9H,3,6,8,10-14H2,1-2H3. The number of nitrogens with zero attached hydrogens (tertiary/aromatic N) is 2. The number of aromatic nitrogens is 1. The van der Waals surface area contributed by atoms with Crippen LogP contribution in [0, 0.1) is 6.92 Å². The van der Waals surface area contributed by atoms with Crippen LogP contribution < -0.4 is 0 Å². The molecule has 114 valence electrons. The highest BCUT2D eigenvalue weighted by Gasteiger charge is 2.14. The molecule has 1 aromatic heterocycles. The Morgan fingerprint density at radius 2 is 1.90 bits per heavy atom.